The zero-order valence-electron chi connectivity index (χ0n) is 9.77. The molecule has 0 radical (unpaired) electrons. The molecule has 4 nitrogen and oxygen atoms in total. The molecule has 92 valence electrons. The minimum absolute atomic E-state index is 0.212. The molecule has 0 saturated carbocycles. The van der Waals surface area contributed by atoms with E-state index < -0.39 is 5.97 Å². The second kappa shape index (κ2) is 6.96. The van der Waals surface area contributed by atoms with E-state index in [1.165, 1.54) is 6.20 Å². The van der Waals surface area contributed by atoms with Crippen LogP contribution in [0, 0.1) is 6.92 Å². The number of aromatic carboxylic acids is 1. The number of pyridine rings is 1. The third-order valence-corrected chi connectivity index (χ3v) is 3.03. The van der Waals surface area contributed by atoms with E-state index in [1.807, 2.05) is 13.0 Å². The van der Waals surface area contributed by atoms with Gasteiger partial charge in [-0.2, -0.15) is 11.8 Å². The van der Waals surface area contributed by atoms with E-state index in [4.69, 9.17) is 5.11 Å². The van der Waals surface area contributed by atoms with Crippen molar-refractivity contribution < 1.29 is 9.90 Å². The summed E-state index contributed by atoms with van der Waals surface area (Å²) in [5, 5.41) is 12.1. The Hall–Kier alpha value is -1.49. The van der Waals surface area contributed by atoms with E-state index >= 15 is 0 Å². The van der Waals surface area contributed by atoms with Crippen molar-refractivity contribution in [2.75, 3.05) is 23.4 Å². The number of nitrogens with one attached hydrogen (secondary N) is 1. The lowest BCUT2D eigenvalue weighted by Gasteiger charge is -2.09. The first-order valence-corrected chi connectivity index (χ1v) is 6.43. The van der Waals surface area contributed by atoms with Gasteiger partial charge in [0.15, 0.2) is 0 Å². The number of nitrogens with zero attached hydrogens (tertiary/aromatic N) is 1. The Bertz CT molecular complexity index is 407. The summed E-state index contributed by atoms with van der Waals surface area (Å²) < 4.78 is 0. The van der Waals surface area contributed by atoms with Gasteiger partial charge in [-0.25, -0.2) is 4.79 Å². The summed E-state index contributed by atoms with van der Waals surface area (Å²) in [5.41, 5.74) is 1.64. The summed E-state index contributed by atoms with van der Waals surface area (Å²) in [5.74, 6) is 0.855. The third-order valence-electron chi connectivity index (χ3n) is 2.07. The molecule has 0 bridgehead atoms. The zero-order chi connectivity index (χ0) is 12.7. The summed E-state index contributed by atoms with van der Waals surface area (Å²) in [6.45, 7) is 6.20. The Morgan fingerprint density at radius 3 is 3.12 bits per heavy atom. The van der Waals surface area contributed by atoms with Crippen molar-refractivity contribution in [3.05, 3.63) is 36.2 Å². The molecule has 0 aliphatic carbocycles. The van der Waals surface area contributed by atoms with Gasteiger partial charge >= 0.3 is 5.97 Å². The monoisotopic (exact) mass is 252 g/mol. The summed E-state index contributed by atoms with van der Waals surface area (Å²) in [7, 11) is 0. The molecule has 1 heterocycles. The van der Waals surface area contributed by atoms with E-state index in [9.17, 15) is 4.79 Å². The van der Waals surface area contributed by atoms with Gasteiger partial charge in [-0.15, -0.1) is 6.58 Å². The van der Waals surface area contributed by atoms with E-state index in [2.05, 4.69) is 16.9 Å². The number of carbonyl (C=O) groups is 1. The number of carboxylic acid groups (broad SMARTS) is 1. The van der Waals surface area contributed by atoms with Crippen LogP contribution in [0.5, 0.6) is 0 Å². The summed E-state index contributed by atoms with van der Waals surface area (Å²) in [6.07, 6.45) is 3.24. The lowest BCUT2D eigenvalue weighted by atomic mass is 10.2. The molecule has 1 aromatic heterocycles. The lowest BCUT2D eigenvalue weighted by Crippen LogP contribution is -2.10. The molecule has 1 rings (SSSR count). The number of hydrogen-bond donors (Lipinski definition) is 2. The predicted octanol–water partition coefficient (Wildman–Crippen LogP) is 2.42. The van der Waals surface area contributed by atoms with Crippen LogP contribution in [0.2, 0.25) is 0 Å². The molecule has 0 aliphatic rings. The highest BCUT2D eigenvalue weighted by Crippen LogP contribution is 2.15. The molecule has 0 fully saturated rings. The number of anilines is 1. The molecule has 1 aromatic rings. The molecular formula is C12H16N2O2S. The van der Waals surface area contributed by atoms with Crippen molar-refractivity contribution in [1.82, 2.24) is 4.98 Å². The van der Waals surface area contributed by atoms with Crippen molar-refractivity contribution in [3.63, 3.8) is 0 Å². The number of carboxylic acids is 1. The van der Waals surface area contributed by atoms with Crippen LogP contribution in [0.25, 0.3) is 0 Å². The standard InChI is InChI=1S/C12H16N2O2S/c1-3-5-17-6-4-13-11-7-9(2)14-8-10(11)12(15)16/h3,7-8H,1,4-6H2,2H3,(H,13,14)(H,15,16). The molecule has 0 unspecified atom stereocenters. The van der Waals surface area contributed by atoms with Crippen LogP contribution < -0.4 is 5.32 Å². The van der Waals surface area contributed by atoms with Gasteiger partial charge in [-0.05, 0) is 13.0 Å². The molecular weight excluding hydrogens is 236 g/mol. The average molecular weight is 252 g/mol. The van der Waals surface area contributed by atoms with Gasteiger partial charge in [0.1, 0.15) is 5.56 Å². The Morgan fingerprint density at radius 2 is 2.47 bits per heavy atom. The minimum Gasteiger partial charge on any atom is -0.478 e. The van der Waals surface area contributed by atoms with Gasteiger partial charge in [0.25, 0.3) is 0 Å². The Kier molecular flexibility index (Phi) is 5.56. The molecule has 0 amide bonds. The largest absolute Gasteiger partial charge is 0.478 e. The molecule has 0 saturated heterocycles. The molecule has 0 spiro atoms. The molecule has 0 atom stereocenters. The third kappa shape index (κ3) is 4.48. The SMILES string of the molecule is C=CCSCCNc1cc(C)ncc1C(=O)O. The number of aromatic nitrogens is 1. The first-order chi connectivity index (χ1) is 8.15. The highest BCUT2D eigenvalue weighted by Gasteiger charge is 2.10. The highest BCUT2D eigenvalue weighted by molar-refractivity contribution is 7.99. The molecule has 0 aromatic carbocycles. The fourth-order valence-electron chi connectivity index (χ4n) is 1.30. The van der Waals surface area contributed by atoms with Crippen LogP contribution in [0.15, 0.2) is 24.9 Å². The van der Waals surface area contributed by atoms with E-state index in [1.54, 1.807) is 17.8 Å². The van der Waals surface area contributed by atoms with Crippen LogP contribution in [-0.2, 0) is 0 Å². The molecule has 5 heteroatoms. The van der Waals surface area contributed by atoms with Gasteiger partial charge < -0.3 is 10.4 Å². The van der Waals surface area contributed by atoms with Crippen LogP contribution in [0.4, 0.5) is 5.69 Å². The molecule has 0 aliphatic heterocycles. The number of aryl methyl sites for hydroxylation is 1. The smallest absolute Gasteiger partial charge is 0.339 e. The van der Waals surface area contributed by atoms with Crippen molar-refractivity contribution in [2.24, 2.45) is 0 Å². The fourth-order valence-corrected chi connectivity index (χ4v) is 1.88. The van der Waals surface area contributed by atoms with Crippen LogP contribution in [-0.4, -0.2) is 34.1 Å². The van der Waals surface area contributed by atoms with E-state index in [-0.39, 0.29) is 5.56 Å². The van der Waals surface area contributed by atoms with Crippen molar-refractivity contribution in [1.29, 1.82) is 0 Å². The van der Waals surface area contributed by atoms with E-state index in [0.717, 1.165) is 23.7 Å². The van der Waals surface area contributed by atoms with Crippen LogP contribution in [0.3, 0.4) is 0 Å². The normalized spacial score (nSPS) is 9.94. The zero-order valence-corrected chi connectivity index (χ0v) is 10.6. The summed E-state index contributed by atoms with van der Waals surface area (Å²) in [4.78, 5) is 14.9. The number of rotatable bonds is 7. The Morgan fingerprint density at radius 1 is 1.71 bits per heavy atom. The first kappa shape index (κ1) is 13.6. The van der Waals surface area contributed by atoms with E-state index in [0.29, 0.717) is 5.69 Å². The molecule has 17 heavy (non-hydrogen) atoms. The maximum atomic E-state index is 11.0. The highest BCUT2D eigenvalue weighted by atomic mass is 32.2. The van der Waals surface area contributed by atoms with Gasteiger partial charge in [0, 0.05) is 29.9 Å². The van der Waals surface area contributed by atoms with Gasteiger partial charge in [-0.3, -0.25) is 4.98 Å². The van der Waals surface area contributed by atoms with Gasteiger partial charge in [-0.1, -0.05) is 6.08 Å². The van der Waals surface area contributed by atoms with Crippen molar-refractivity contribution >= 4 is 23.4 Å². The second-order valence-corrected chi connectivity index (χ2v) is 4.62. The van der Waals surface area contributed by atoms with Crippen LogP contribution in [0.1, 0.15) is 16.1 Å². The lowest BCUT2D eigenvalue weighted by molar-refractivity contribution is 0.0697. The number of thioether (sulfide) groups is 1. The predicted molar refractivity (Wildman–Crippen MR) is 71.9 cm³/mol. The van der Waals surface area contributed by atoms with Crippen molar-refractivity contribution in [2.45, 2.75) is 6.92 Å². The Balaban J connectivity index is 2.59. The van der Waals surface area contributed by atoms with Gasteiger partial charge in [0.2, 0.25) is 0 Å². The quantitative estimate of drug-likeness (QED) is 0.576. The second-order valence-electron chi connectivity index (χ2n) is 3.47. The van der Waals surface area contributed by atoms with Gasteiger partial charge in [0.05, 0.1) is 5.69 Å². The summed E-state index contributed by atoms with van der Waals surface area (Å²) in [6, 6.07) is 1.75. The van der Waals surface area contributed by atoms with Crippen molar-refractivity contribution in [3.8, 4) is 0 Å². The molecule has 2 N–H and O–H groups in total. The fraction of sp³-hybridized carbons (Fsp3) is 0.333. The maximum Gasteiger partial charge on any atom is 0.339 e. The van der Waals surface area contributed by atoms with Crippen LogP contribution >= 0.6 is 11.8 Å². The minimum atomic E-state index is -0.959. The average Bonchev–Trinajstić information content (AvgIpc) is 2.28. The topological polar surface area (TPSA) is 62.2 Å². The first-order valence-electron chi connectivity index (χ1n) is 5.27. The number of hydrogen-bond acceptors (Lipinski definition) is 4. The Labute approximate surface area is 105 Å². The maximum absolute atomic E-state index is 11.0. The summed E-state index contributed by atoms with van der Waals surface area (Å²) >= 11 is 1.75.